The third kappa shape index (κ3) is 6.10. The Kier molecular flexibility index (Phi) is 6.71. The standard InChI is InChI=1S/C19H19NO5/c1-14(21)25-13-18(22)15-7-9-16(10-8-15)19(23)24-12-11-20-17-5-3-2-4-6-17/h2-10,20H,11-13H2,1H3. The number of Topliss-reactive ketones (excluding diaryl/α,β-unsaturated/α-hetero) is 1. The summed E-state index contributed by atoms with van der Waals surface area (Å²) in [6.45, 7) is 1.64. The van der Waals surface area contributed by atoms with Crippen molar-refractivity contribution in [1.29, 1.82) is 0 Å². The normalized spacial score (nSPS) is 9.96. The maximum absolute atomic E-state index is 11.9. The molecule has 0 saturated heterocycles. The first-order valence-corrected chi connectivity index (χ1v) is 7.79. The molecule has 130 valence electrons. The van der Waals surface area contributed by atoms with Crippen LogP contribution in [0.4, 0.5) is 5.69 Å². The molecule has 0 aromatic heterocycles. The molecule has 0 fully saturated rings. The number of nitrogens with one attached hydrogen (secondary N) is 1. The highest BCUT2D eigenvalue weighted by Crippen LogP contribution is 2.08. The zero-order chi connectivity index (χ0) is 18.1. The summed E-state index contributed by atoms with van der Waals surface area (Å²) in [7, 11) is 0. The number of hydrogen-bond acceptors (Lipinski definition) is 6. The summed E-state index contributed by atoms with van der Waals surface area (Å²) >= 11 is 0. The highest BCUT2D eigenvalue weighted by Gasteiger charge is 2.11. The molecule has 6 heteroatoms. The van der Waals surface area contributed by atoms with Crippen LogP contribution in [-0.4, -0.2) is 37.5 Å². The molecular weight excluding hydrogens is 322 g/mol. The fraction of sp³-hybridized carbons (Fsp3) is 0.211. The molecule has 1 N–H and O–H groups in total. The number of benzene rings is 2. The van der Waals surface area contributed by atoms with E-state index in [-0.39, 0.29) is 19.0 Å². The van der Waals surface area contributed by atoms with Crippen LogP contribution in [0.15, 0.2) is 54.6 Å². The van der Waals surface area contributed by atoms with Gasteiger partial charge >= 0.3 is 11.9 Å². The van der Waals surface area contributed by atoms with Crippen molar-refractivity contribution in [2.45, 2.75) is 6.92 Å². The summed E-state index contributed by atoms with van der Waals surface area (Å²) in [5.41, 5.74) is 1.67. The SMILES string of the molecule is CC(=O)OCC(=O)c1ccc(C(=O)OCCNc2ccccc2)cc1. The summed E-state index contributed by atoms with van der Waals surface area (Å²) in [6.07, 6.45) is 0. The van der Waals surface area contributed by atoms with Gasteiger partial charge in [-0.05, 0) is 24.3 Å². The highest BCUT2D eigenvalue weighted by atomic mass is 16.5. The lowest BCUT2D eigenvalue weighted by Crippen LogP contribution is -2.14. The number of carbonyl (C=O) groups excluding carboxylic acids is 3. The van der Waals surface area contributed by atoms with Crippen molar-refractivity contribution >= 4 is 23.4 Å². The van der Waals surface area contributed by atoms with E-state index in [1.165, 1.54) is 31.2 Å². The van der Waals surface area contributed by atoms with Crippen LogP contribution in [0.5, 0.6) is 0 Å². The first kappa shape index (κ1) is 18.2. The summed E-state index contributed by atoms with van der Waals surface area (Å²) < 4.78 is 9.82. The predicted octanol–water partition coefficient (Wildman–Crippen LogP) is 2.70. The molecule has 0 atom stereocenters. The zero-order valence-electron chi connectivity index (χ0n) is 13.9. The minimum atomic E-state index is -0.516. The molecule has 6 nitrogen and oxygen atoms in total. The van der Waals surface area contributed by atoms with Gasteiger partial charge in [-0.15, -0.1) is 0 Å². The summed E-state index contributed by atoms with van der Waals surface area (Å²) in [5, 5.41) is 3.14. The molecular formula is C19H19NO5. The molecule has 25 heavy (non-hydrogen) atoms. The van der Waals surface area contributed by atoms with Crippen LogP contribution in [0.1, 0.15) is 27.6 Å². The second-order valence-electron chi connectivity index (χ2n) is 5.21. The summed E-state index contributed by atoms with van der Waals surface area (Å²) in [6, 6.07) is 15.6. The van der Waals surface area contributed by atoms with Gasteiger partial charge < -0.3 is 14.8 Å². The predicted molar refractivity (Wildman–Crippen MR) is 92.6 cm³/mol. The monoisotopic (exact) mass is 341 g/mol. The molecule has 0 bridgehead atoms. The second-order valence-corrected chi connectivity index (χ2v) is 5.21. The average Bonchev–Trinajstić information content (AvgIpc) is 2.64. The fourth-order valence-electron chi connectivity index (χ4n) is 2.02. The van der Waals surface area contributed by atoms with E-state index in [1.54, 1.807) is 0 Å². The molecule has 0 unspecified atom stereocenters. The Balaban J connectivity index is 1.77. The Morgan fingerprint density at radius 3 is 2.16 bits per heavy atom. The number of para-hydroxylation sites is 1. The van der Waals surface area contributed by atoms with Gasteiger partial charge in [0.15, 0.2) is 12.4 Å². The van der Waals surface area contributed by atoms with Crippen LogP contribution in [-0.2, 0) is 14.3 Å². The van der Waals surface area contributed by atoms with Crippen LogP contribution in [0.25, 0.3) is 0 Å². The number of ether oxygens (including phenoxy) is 2. The van der Waals surface area contributed by atoms with E-state index in [0.29, 0.717) is 17.7 Å². The number of rotatable bonds is 8. The van der Waals surface area contributed by atoms with Crippen molar-refractivity contribution < 1.29 is 23.9 Å². The Bertz CT molecular complexity index is 725. The maximum atomic E-state index is 11.9. The minimum Gasteiger partial charge on any atom is -0.460 e. The van der Waals surface area contributed by atoms with Gasteiger partial charge in [0.05, 0.1) is 5.56 Å². The van der Waals surface area contributed by atoms with Gasteiger partial charge in [-0.2, -0.15) is 0 Å². The molecule has 0 saturated carbocycles. The Hall–Kier alpha value is -3.15. The van der Waals surface area contributed by atoms with Crippen molar-refractivity contribution in [2.24, 2.45) is 0 Å². The average molecular weight is 341 g/mol. The summed E-state index contributed by atoms with van der Waals surface area (Å²) in [5.74, 6) is -1.31. The lowest BCUT2D eigenvalue weighted by Gasteiger charge is -2.08. The van der Waals surface area contributed by atoms with Gasteiger partial charge in [0, 0.05) is 24.7 Å². The third-order valence-electron chi connectivity index (χ3n) is 3.29. The molecule has 0 aliphatic rings. The van der Waals surface area contributed by atoms with Crippen molar-refractivity contribution in [3.05, 3.63) is 65.7 Å². The molecule has 0 spiro atoms. The second kappa shape index (κ2) is 9.22. The first-order chi connectivity index (χ1) is 12.1. The number of carbonyl (C=O) groups is 3. The highest BCUT2D eigenvalue weighted by molar-refractivity contribution is 5.99. The van der Waals surface area contributed by atoms with Crippen molar-refractivity contribution in [1.82, 2.24) is 0 Å². The quantitative estimate of drug-likeness (QED) is 0.452. The van der Waals surface area contributed by atoms with Crippen LogP contribution in [0.2, 0.25) is 0 Å². The van der Waals surface area contributed by atoms with E-state index in [0.717, 1.165) is 5.69 Å². The molecule has 2 aromatic rings. The fourth-order valence-corrected chi connectivity index (χ4v) is 2.02. The van der Waals surface area contributed by atoms with Crippen LogP contribution >= 0.6 is 0 Å². The summed E-state index contributed by atoms with van der Waals surface area (Å²) in [4.78, 5) is 34.4. The lowest BCUT2D eigenvalue weighted by atomic mass is 10.1. The van der Waals surface area contributed by atoms with Gasteiger partial charge in [0.1, 0.15) is 6.61 Å². The number of hydrogen-bond donors (Lipinski definition) is 1. The molecule has 0 amide bonds. The van der Waals surface area contributed by atoms with E-state index in [4.69, 9.17) is 4.74 Å². The smallest absolute Gasteiger partial charge is 0.338 e. The van der Waals surface area contributed by atoms with E-state index in [1.807, 2.05) is 30.3 Å². The van der Waals surface area contributed by atoms with E-state index < -0.39 is 11.9 Å². The van der Waals surface area contributed by atoms with Gasteiger partial charge in [-0.1, -0.05) is 30.3 Å². The van der Waals surface area contributed by atoms with Crippen LogP contribution in [0, 0.1) is 0 Å². The van der Waals surface area contributed by atoms with Crippen LogP contribution in [0.3, 0.4) is 0 Å². The third-order valence-corrected chi connectivity index (χ3v) is 3.29. The minimum absolute atomic E-state index is 0.223. The molecule has 2 rings (SSSR count). The van der Waals surface area contributed by atoms with Crippen LogP contribution < -0.4 is 5.32 Å². The van der Waals surface area contributed by atoms with E-state index >= 15 is 0 Å². The molecule has 0 heterocycles. The zero-order valence-corrected chi connectivity index (χ0v) is 13.9. The van der Waals surface area contributed by atoms with Gasteiger partial charge in [0.2, 0.25) is 0 Å². The molecule has 2 aromatic carbocycles. The maximum Gasteiger partial charge on any atom is 0.338 e. The van der Waals surface area contributed by atoms with Crippen molar-refractivity contribution in [3.8, 4) is 0 Å². The first-order valence-electron chi connectivity index (χ1n) is 7.79. The molecule has 0 aliphatic carbocycles. The van der Waals surface area contributed by atoms with E-state index in [9.17, 15) is 14.4 Å². The number of ketones is 1. The molecule has 0 radical (unpaired) electrons. The Morgan fingerprint density at radius 1 is 0.880 bits per heavy atom. The van der Waals surface area contributed by atoms with Gasteiger partial charge in [0.25, 0.3) is 0 Å². The largest absolute Gasteiger partial charge is 0.460 e. The number of esters is 2. The Morgan fingerprint density at radius 2 is 1.52 bits per heavy atom. The number of anilines is 1. The van der Waals surface area contributed by atoms with Gasteiger partial charge in [-0.25, -0.2) is 4.79 Å². The van der Waals surface area contributed by atoms with Crippen molar-refractivity contribution in [2.75, 3.05) is 25.1 Å². The molecule has 0 aliphatic heterocycles. The van der Waals surface area contributed by atoms with Gasteiger partial charge in [-0.3, -0.25) is 9.59 Å². The van der Waals surface area contributed by atoms with Crippen molar-refractivity contribution in [3.63, 3.8) is 0 Å². The topological polar surface area (TPSA) is 81.7 Å². The Labute approximate surface area is 145 Å². The van der Waals surface area contributed by atoms with E-state index in [2.05, 4.69) is 10.1 Å². The lowest BCUT2D eigenvalue weighted by molar-refractivity contribution is -0.139.